The zero-order chi connectivity index (χ0) is 17.2. The van der Waals surface area contributed by atoms with Crippen LogP contribution in [0.4, 0.5) is 10.5 Å². The van der Waals surface area contributed by atoms with Gasteiger partial charge >= 0.3 is 6.03 Å². The third kappa shape index (κ3) is 3.47. The second-order valence-electron chi connectivity index (χ2n) is 6.31. The summed E-state index contributed by atoms with van der Waals surface area (Å²) in [5, 5.41) is 9.26. The quantitative estimate of drug-likeness (QED) is 0.859. The van der Waals surface area contributed by atoms with Crippen LogP contribution in [0.3, 0.4) is 0 Å². The summed E-state index contributed by atoms with van der Waals surface area (Å²) in [6.45, 7) is 0.733. The molecule has 0 bridgehead atoms. The standard InChI is InChI=1S/C17H19N5O3/c23-16-13(8-9-22(16)12-4-2-1-3-5-12)19-17(24)18-10-14-20-15(21-25-14)11-6-7-11/h1-5,11,13H,6-10H2,(H2,18,19,24)/t13-/m0/s1. The second-order valence-corrected chi connectivity index (χ2v) is 6.31. The van der Waals surface area contributed by atoms with Crippen LogP contribution in [0.2, 0.25) is 0 Å². The smallest absolute Gasteiger partial charge is 0.315 e. The Balaban J connectivity index is 1.28. The van der Waals surface area contributed by atoms with E-state index in [-0.39, 0.29) is 12.5 Å². The zero-order valence-electron chi connectivity index (χ0n) is 13.6. The predicted molar refractivity (Wildman–Crippen MR) is 88.8 cm³/mol. The van der Waals surface area contributed by atoms with Gasteiger partial charge in [0.1, 0.15) is 6.04 Å². The number of hydrogen-bond acceptors (Lipinski definition) is 5. The molecule has 0 unspecified atom stereocenters. The van der Waals surface area contributed by atoms with E-state index in [1.807, 2.05) is 30.3 Å². The third-order valence-corrected chi connectivity index (χ3v) is 4.41. The molecular weight excluding hydrogens is 322 g/mol. The predicted octanol–water partition coefficient (Wildman–Crippen LogP) is 1.55. The molecule has 1 saturated heterocycles. The zero-order valence-corrected chi connectivity index (χ0v) is 13.6. The first-order valence-electron chi connectivity index (χ1n) is 8.44. The Morgan fingerprint density at radius 1 is 1.24 bits per heavy atom. The highest BCUT2D eigenvalue weighted by molar-refractivity contribution is 6.01. The molecule has 2 aromatic rings. The van der Waals surface area contributed by atoms with Crippen molar-refractivity contribution in [2.45, 2.75) is 37.8 Å². The molecule has 0 spiro atoms. The van der Waals surface area contributed by atoms with Crippen molar-refractivity contribution < 1.29 is 14.1 Å². The first-order chi connectivity index (χ1) is 12.2. The Hall–Kier alpha value is -2.90. The van der Waals surface area contributed by atoms with Gasteiger partial charge in [0.2, 0.25) is 11.8 Å². The third-order valence-electron chi connectivity index (χ3n) is 4.41. The SMILES string of the molecule is O=C(NCc1nc(C2CC2)no1)N[C@H]1CCN(c2ccccc2)C1=O. The van der Waals surface area contributed by atoms with Crippen molar-refractivity contribution in [3.05, 3.63) is 42.0 Å². The number of carbonyl (C=O) groups excluding carboxylic acids is 2. The lowest BCUT2D eigenvalue weighted by atomic mass is 10.2. The minimum Gasteiger partial charge on any atom is -0.337 e. The minimum absolute atomic E-state index is 0.102. The molecule has 25 heavy (non-hydrogen) atoms. The summed E-state index contributed by atoms with van der Waals surface area (Å²) in [5.41, 5.74) is 0.843. The maximum Gasteiger partial charge on any atom is 0.315 e. The first-order valence-corrected chi connectivity index (χ1v) is 8.44. The van der Waals surface area contributed by atoms with Gasteiger partial charge in [-0.15, -0.1) is 0 Å². The molecule has 1 aliphatic carbocycles. The van der Waals surface area contributed by atoms with Crippen LogP contribution < -0.4 is 15.5 Å². The molecule has 2 heterocycles. The van der Waals surface area contributed by atoms with Gasteiger partial charge in [0, 0.05) is 18.2 Å². The number of para-hydroxylation sites is 1. The van der Waals surface area contributed by atoms with Crippen molar-refractivity contribution in [2.24, 2.45) is 0 Å². The molecule has 0 radical (unpaired) electrons. The number of carbonyl (C=O) groups is 2. The molecule has 1 aromatic heterocycles. The maximum absolute atomic E-state index is 12.4. The van der Waals surface area contributed by atoms with Crippen LogP contribution in [-0.4, -0.2) is 34.7 Å². The largest absolute Gasteiger partial charge is 0.337 e. The number of nitrogens with zero attached hydrogens (tertiary/aromatic N) is 3. The molecular formula is C17H19N5O3. The minimum atomic E-state index is -0.523. The lowest BCUT2D eigenvalue weighted by Crippen LogP contribution is -2.46. The van der Waals surface area contributed by atoms with Gasteiger partial charge in [-0.1, -0.05) is 23.4 Å². The molecule has 8 heteroatoms. The number of anilines is 1. The summed E-state index contributed by atoms with van der Waals surface area (Å²) < 4.78 is 5.10. The monoisotopic (exact) mass is 341 g/mol. The first kappa shape index (κ1) is 15.6. The van der Waals surface area contributed by atoms with Crippen molar-refractivity contribution in [3.63, 3.8) is 0 Å². The fourth-order valence-electron chi connectivity index (χ4n) is 2.89. The van der Waals surface area contributed by atoms with Crippen molar-refractivity contribution in [1.29, 1.82) is 0 Å². The molecule has 1 aliphatic heterocycles. The van der Waals surface area contributed by atoms with Crippen molar-refractivity contribution in [2.75, 3.05) is 11.4 Å². The topological polar surface area (TPSA) is 100 Å². The van der Waals surface area contributed by atoms with E-state index in [0.717, 1.165) is 18.5 Å². The van der Waals surface area contributed by atoms with Crippen LogP contribution in [0.5, 0.6) is 0 Å². The molecule has 1 atom stereocenters. The van der Waals surface area contributed by atoms with Crippen LogP contribution in [0.15, 0.2) is 34.9 Å². The summed E-state index contributed by atoms with van der Waals surface area (Å²) in [7, 11) is 0. The molecule has 4 rings (SSSR count). The Morgan fingerprint density at radius 3 is 2.80 bits per heavy atom. The number of benzene rings is 1. The summed E-state index contributed by atoms with van der Waals surface area (Å²) in [4.78, 5) is 30.4. The summed E-state index contributed by atoms with van der Waals surface area (Å²) in [6.07, 6.45) is 2.76. The van der Waals surface area contributed by atoms with Gasteiger partial charge in [-0.3, -0.25) is 4.79 Å². The van der Waals surface area contributed by atoms with E-state index in [1.54, 1.807) is 4.90 Å². The van der Waals surface area contributed by atoms with Crippen molar-refractivity contribution in [3.8, 4) is 0 Å². The molecule has 2 fully saturated rings. The van der Waals surface area contributed by atoms with E-state index in [4.69, 9.17) is 4.52 Å². The van der Waals surface area contributed by atoms with E-state index in [2.05, 4.69) is 20.8 Å². The molecule has 1 aromatic carbocycles. The van der Waals surface area contributed by atoms with E-state index in [0.29, 0.717) is 30.6 Å². The van der Waals surface area contributed by atoms with Crippen LogP contribution in [0.1, 0.15) is 36.9 Å². The highest BCUT2D eigenvalue weighted by Crippen LogP contribution is 2.38. The number of hydrogen-bond donors (Lipinski definition) is 2. The van der Waals surface area contributed by atoms with Gasteiger partial charge in [0.25, 0.3) is 0 Å². The molecule has 2 aliphatic rings. The van der Waals surface area contributed by atoms with Gasteiger partial charge in [-0.25, -0.2) is 4.79 Å². The molecule has 1 saturated carbocycles. The van der Waals surface area contributed by atoms with Gasteiger partial charge in [0.15, 0.2) is 5.82 Å². The van der Waals surface area contributed by atoms with Gasteiger partial charge in [-0.2, -0.15) is 4.98 Å². The lowest BCUT2D eigenvalue weighted by Gasteiger charge is -2.17. The molecule has 130 valence electrons. The number of aromatic nitrogens is 2. The van der Waals surface area contributed by atoms with E-state index >= 15 is 0 Å². The Morgan fingerprint density at radius 2 is 2.04 bits per heavy atom. The molecule has 3 amide bonds. The number of amides is 3. The molecule has 8 nitrogen and oxygen atoms in total. The van der Waals surface area contributed by atoms with Gasteiger partial charge < -0.3 is 20.1 Å². The van der Waals surface area contributed by atoms with E-state index < -0.39 is 12.1 Å². The summed E-state index contributed by atoms with van der Waals surface area (Å²) >= 11 is 0. The summed E-state index contributed by atoms with van der Waals surface area (Å²) in [6, 6.07) is 8.50. The highest BCUT2D eigenvalue weighted by atomic mass is 16.5. The number of nitrogens with one attached hydrogen (secondary N) is 2. The normalized spacial score (nSPS) is 19.9. The van der Waals surface area contributed by atoms with Gasteiger partial charge in [-0.05, 0) is 31.4 Å². The Labute approximate surface area is 144 Å². The second kappa shape index (κ2) is 6.54. The Bertz CT molecular complexity index is 772. The lowest BCUT2D eigenvalue weighted by molar-refractivity contribution is -0.118. The van der Waals surface area contributed by atoms with Crippen LogP contribution >= 0.6 is 0 Å². The van der Waals surface area contributed by atoms with Crippen molar-refractivity contribution >= 4 is 17.6 Å². The number of urea groups is 1. The fraction of sp³-hybridized carbons (Fsp3) is 0.412. The average molecular weight is 341 g/mol. The van der Waals surface area contributed by atoms with Crippen LogP contribution in [-0.2, 0) is 11.3 Å². The van der Waals surface area contributed by atoms with E-state index in [1.165, 1.54) is 0 Å². The number of rotatable bonds is 5. The van der Waals surface area contributed by atoms with Crippen LogP contribution in [0.25, 0.3) is 0 Å². The van der Waals surface area contributed by atoms with Crippen molar-refractivity contribution in [1.82, 2.24) is 20.8 Å². The maximum atomic E-state index is 12.4. The molecule has 2 N–H and O–H groups in total. The summed E-state index contributed by atoms with van der Waals surface area (Å²) in [5.74, 6) is 1.39. The van der Waals surface area contributed by atoms with E-state index in [9.17, 15) is 9.59 Å². The highest BCUT2D eigenvalue weighted by Gasteiger charge is 2.33. The average Bonchev–Trinajstić information content (AvgIpc) is 3.27. The fourth-order valence-corrected chi connectivity index (χ4v) is 2.89. The Kier molecular flexibility index (Phi) is 4.09. The van der Waals surface area contributed by atoms with Gasteiger partial charge in [0.05, 0.1) is 6.54 Å². The van der Waals surface area contributed by atoms with Crippen LogP contribution in [0, 0.1) is 0 Å².